The second-order valence-corrected chi connectivity index (χ2v) is 7.35. The van der Waals surface area contributed by atoms with Gasteiger partial charge in [0.1, 0.15) is 0 Å². The van der Waals surface area contributed by atoms with Gasteiger partial charge in [-0.15, -0.1) is 0 Å². The summed E-state index contributed by atoms with van der Waals surface area (Å²) < 4.78 is 0. The molecule has 1 aliphatic rings. The summed E-state index contributed by atoms with van der Waals surface area (Å²) in [5, 5.41) is 12.6. The van der Waals surface area contributed by atoms with Gasteiger partial charge in [-0.25, -0.2) is 0 Å². The number of rotatable bonds is 6. The maximum atomic E-state index is 12.8. The topological polar surface area (TPSA) is 52.6 Å². The number of carbonyl (C=O) groups excluding carboxylic acids is 1. The number of aliphatic hydroxyl groups is 1. The van der Waals surface area contributed by atoms with E-state index in [9.17, 15) is 9.90 Å². The van der Waals surface area contributed by atoms with Gasteiger partial charge in [-0.05, 0) is 42.9 Å². The maximum Gasteiger partial charge on any atom is 0.254 e. The first kappa shape index (κ1) is 16.8. The number of aliphatic hydroxyl groups excluding tert-OH is 1. The van der Waals surface area contributed by atoms with Crippen LogP contribution >= 0.6 is 0 Å². The smallest absolute Gasteiger partial charge is 0.254 e. The summed E-state index contributed by atoms with van der Waals surface area (Å²) in [6, 6.07) is 6.14. The molecule has 1 aromatic carbocycles. The Bertz CT molecular complexity index is 530. The molecule has 0 saturated heterocycles. The van der Waals surface area contributed by atoms with E-state index in [1.54, 1.807) is 0 Å². The van der Waals surface area contributed by atoms with Gasteiger partial charge >= 0.3 is 0 Å². The standard InChI is InChI=1S/C18H28N2O2/c1-13-15(17(22)20(10-11-21)14-8-9-14)6-5-7-16(13)19-12-18(2,3)4/h5-7,14,19,21H,8-12H2,1-4H3. The third kappa shape index (κ3) is 4.23. The van der Waals surface area contributed by atoms with E-state index in [0.29, 0.717) is 12.6 Å². The van der Waals surface area contributed by atoms with Gasteiger partial charge in [-0.2, -0.15) is 0 Å². The van der Waals surface area contributed by atoms with E-state index in [-0.39, 0.29) is 17.9 Å². The summed E-state index contributed by atoms with van der Waals surface area (Å²) in [5.41, 5.74) is 2.92. The Kier molecular flexibility index (Phi) is 5.12. The molecule has 1 aliphatic carbocycles. The lowest BCUT2D eigenvalue weighted by Crippen LogP contribution is -2.36. The fourth-order valence-corrected chi connectivity index (χ4v) is 2.52. The van der Waals surface area contributed by atoms with E-state index in [1.165, 1.54) is 0 Å². The number of hydrogen-bond donors (Lipinski definition) is 2. The average Bonchev–Trinajstić information content (AvgIpc) is 3.26. The molecule has 0 radical (unpaired) electrons. The van der Waals surface area contributed by atoms with E-state index in [1.807, 2.05) is 30.0 Å². The van der Waals surface area contributed by atoms with Gasteiger partial charge in [0.2, 0.25) is 0 Å². The van der Waals surface area contributed by atoms with Crippen LogP contribution in [-0.4, -0.2) is 41.7 Å². The Morgan fingerprint density at radius 2 is 2.05 bits per heavy atom. The van der Waals surface area contributed by atoms with Crippen LogP contribution in [-0.2, 0) is 0 Å². The largest absolute Gasteiger partial charge is 0.395 e. The molecular weight excluding hydrogens is 276 g/mol. The lowest BCUT2D eigenvalue weighted by Gasteiger charge is -2.24. The zero-order valence-corrected chi connectivity index (χ0v) is 14.1. The van der Waals surface area contributed by atoms with E-state index in [4.69, 9.17) is 0 Å². The molecule has 4 nitrogen and oxygen atoms in total. The van der Waals surface area contributed by atoms with Crippen LogP contribution in [0.2, 0.25) is 0 Å². The maximum absolute atomic E-state index is 12.8. The normalized spacial score (nSPS) is 14.8. The van der Waals surface area contributed by atoms with Crippen LogP contribution in [0.25, 0.3) is 0 Å². The first-order valence-electron chi connectivity index (χ1n) is 8.09. The number of anilines is 1. The molecule has 0 heterocycles. The lowest BCUT2D eigenvalue weighted by molar-refractivity contribution is 0.0707. The van der Waals surface area contributed by atoms with Crippen molar-refractivity contribution in [2.24, 2.45) is 5.41 Å². The Balaban J connectivity index is 2.18. The average molecular weight is 304 g/mol. The zero-order chi connectivity index (χ0) is 16.3. The highest BCUT2D eigenvalue weighted by Crippen LogP contribution is 2.30. The van der Waals surface area contributed by atoms with E-state index >= 15 is 0 Å². The fourth-order valence-electron chi connectivity index (χ4n) is 2.52. The van der Waals surface area contributed by atoms with Crippen LogP contribution in [0, 0.1) is 12.3 Å². The lowest BCUT2D eigenvalue weighted by atomic mass is 9.96. The molecule has 2 rings (SSSR count). The summed E-state index contributed by atoms with van der Waals surface area (Å²) in [6.07, 6.45) is 2.10. The SMILES string of the molecule is Cc1c(NCC(C)(C)C)cccc1C(=O)N(CCO)C1CC1. The van der Waals surface area contributed by atoms with Crippen molar-refractivity contribution in [3.05, 3.63) is 29.3 Å². The van der Waals surface area contributed by atoms with Crippen LogP contribution in [0.5, 0.6) is 0 Å². The Hall–Kier alpha value is -1.55. The van der Waals surface area contributed by atoms with Crippen molar-refractivity contribution in [3.8, 4) is 0 Å². The van der Waals surface area contributed by atoms with Crippen LogP contribution < -0.4 is 5.32 Å². The zero-order valence-electron chi connectivity index (χ0n) is 14.1. The van der Waals surface area contributed by atoms with Crippen molar-refractivity contribution in [2.75, 3.05) is 25.0 Å². The molecule has 1 saturated carbocycles. The molecule has 0 spiro atoms. The van der Waals surface area contributed by atoms with Crippen molar-refractivity contribution in [3.63, 3.8) is 0 Å². The minimum Gasteiger partial charge on any atom is -0.395 e. The van der Waals surface area contributed by atoms with Crippen LogP contribution in [0.1, 0.15) is 49.5 Å². The molecule has 22 heavy (non-hydrogen) atoms. The van der Waals surface area contributed by atoms with Gasteiger partial charge in [0.25, 0.3) is 5.91 Å². The Morgan fingerprint density at radius 3 is 2.59 bits per heavy atom. The number of benzene rings is 1. The second-order valence-electron chi connectivity index (χ2n) is 7.35. The van der Waals surface area contributed by atoms with E-state index < -0.39 is 0 Å². The van der Waals surface area contributed by atoms with Crippen molar-refractivity contribution in [1.82, 2.24) is 4.90 Å². The fraction of sp³-hybridized carbons (Fsp3) is 0.611. The predicted molar refractivity (Wildman–Crippen MR) is 90.3 cm³/mol. The number of nitrogens with one attached hydrogen (secondary N) is 1. The highest BCUT2D eigenvalue weighted by molar-refractivity contribution is 5.97. The molecule has 1 aromatic rings. The summed E-state index contributed by atoms with van der Waals surface area (Å²) >= 11 is 0. The molecule has 0 atom stereocenters. The van der Waals surface area contributed by atoms with Gasteiger partial charge in [-0.3, -0.25) is 4.79 Å². The van der Waals surface area contributed by atoms with Crippen molar-refractivity contribution < 1.29 is 9.90 Å². The van der Waals surface area contributed by atoms with Gasteiger partial charge in [0, 0.05) is 30.4 Å². The highest BCUT2D eigenvalue weighted by atomic mass is 16.3. The van der Waals surface area contributed by atoms with Crippen molar-refractivity contribution in [1.29, 1.82) is 0 Å². The molecule has 1 amide bonds. The van der Waals surface area contributed by atoms with Crippen LogP contribution in [0.3, 0.4) is 0 Å². The predicted octanol–water partition coefficient (Wildman–Crippen LogP) is 3.05. The number of nitrogens with zero attached hydrogens (tertiary/aromatic N) is 1. The minimum absolute atomic E-state index is 0.0171. The monoisotopic (exact) mass is 304 g/mol. The summed E-state index contributed by atoms with van der Waals surface area (Å²) in [5.74, 6) is 0.0356. The Labute approximate surface area is 133 Å². The first-order valence-corrected chi connectivity index (χ1v) is 8.09. The molecule has 4 heteroatoms. The molecular formula is C18H28N2O2. The molecule has 0 aromatic heterocycles. The van der Waals surface area contributed by atoms with Gasteiger partial charge in [-0.1, -0.05) is 26.8 Å². The molecule has 122 valence electrons. The molecule has 1 fully saturated rings. The Morgan fingerprint density at radius 1 is 1.36 bits per heavy atom. The third-order valence-corrected chi connectivity index (χ3v) is 3.96. The van der Waals surface area contributed by atoms with E-state index in [0.717, 1.165) is 36.2 Å². The van der Waals surface area contributed by atoms with E-state index in [2.05, 4.69) is 26.1 Å². The second kappa shape index (κ2) is 6.69. The highest BCUT2D eigenvalue weighted by Gasteiger charge is 2.33. The van der Waals surface area contributed by atoms with Crippen LogP contribution in [0.4, 0.5) is 5.69 Å². The molecule has 0 aliphatic heterocycles. The van der Waals surface area contributed by atoms with Crippen molar-refractivity contribution >= 4 is 11.6 Å². The molecule has 0 unspecified atom stereocenters. The third-order valence-electron chi connectivity index (χ3n) is 3.96. The van der Waals surface area contributed by atoms with Crippen LogP contribution in [0.15, 0.2) is 18.2 Å². The van der Waals surface area contributed by atoms with Gasteiger partial charge in [0.05, 0.1) is 6.61 Å². The number of amides is 1. The molecule has 0 bridgehead atoms. The molecule has 2 N–H and O–H groups in total. The number of carbonyl (C=O) groups is 1. The number of hydrogen-bond acceptors (Lipinski definition) is 3. The quantitative estimate of drug-likeness (QED) is 0.849. The van der Waals surface area contributed by atoms with Crippen molar-refractivity contribution in [2.45, 2.75) is 46.6 Å². The summed E-state index contributed by atoms with van der Waals surface area (Å²) in [6.45, 7) is 9.82. The first-order chi connectivity index (χ1) is 10.3. The van der Waals surface area contributed by atoms with Gasteiger partial charge in [0.15, 0.2) is 0 Å². The summed E-state index contributed by atoms with van der Waals surface area (Å²) in [7, 11) is 0. The van der Waals surface area contributed by atoms with Gasteiger partial charge < -0.3 is 15.3 Å². The summed E-state index contributed by atoms with van der Waals surface area (Å²) in [4.78, 5) is 14.6. The minimum atomic E-state index is 0.0171.